The van der Waals surface area contributed by atoms with Crippen molar-refractivity contribution >= 4 is 16.9 Å². The Kier molecular flexibility index (Phi) is 7.51. The molecule has 1 N–H and O–H groups in total. The Labute approximate surface area is 225 Å². The first-order chi connectivity index (χ1) is 18.8. The molecule has 0 radical (unpaired) electrons. The van der Waals surface area contributed by atoms with Crippen LogP contribution in [0.25, 0.3) is 10.9 Å². The number of hydrogen-bond acceptors (Lipinski definition) is 7. The summed E-state index contributed by atoms with van der Waals surface area (Å²) in [5.74, 6) is 0.555. The molecule has 5 rings (SSSR count). The molecule has 0 fully saturated rings. The van der Waals surface area contributed by atoms with Crippen LogP contribution in [0.4, 0.5) is 4.39 Å². The van der Waals surface area contributed by atoms with E-state index in [1.165, 1.54) is 12.1 Å². The Morgan fingerprint density at radius 3 is 2.51 bits per heavy atom. The van der Waals surface area contributed by atoms with Crippen LogP contribution in [0.3, 0.4) is 0 Å². The molecule has 0 aliphatic carbocycles. The summed E-state index contributed by atoms with van der Waals surface area (Å²) in [7, 11) is 5.05. The van der Waals surface area contributed by atoms with Crippen LogP contribution < -0.4 is 18.9 Å². The molecular weight excluding hydrogens is 503 g/mol. The Morgan fingerprint density at radius 1 is 1.05 bits per heavy atom. The van der Waals surface area contributed by atoms with E-state index in [2.05, 4.69) is 4.98 Å². The van der Waals surface area contributed by atoms with E-state index >= 15 is 0 Å². The van der Waals surface area contributed by atoms with Crippen LogP contribution in [-0.4, -0.2) is 60.9 Å². The highest BCUT2D eigenvalue weighted by molar-refractivity contribution is 5.78. The van der Waals surface area contributed by atoms with Crippen molar-refractivity contribution in [2.45, 2.75) is 24.7 Å². The highest BCUT2D eigenvalue weighted by Crippen LogP contribution is 2.41. The van der Waals surface area contributed by atoms with Gasteiger partial charge in [-0.05, 0) is 80.8 Å². The number of benzene rings is 3. The summed E-state index contributed by atoms with van der Waals surface area (Å²) in [6.45, 7) is 0.364. The third kappa shape index (κ3) is 5.73. The fourth-order valence-electron chi connectivity index (χ4n) is 4.87. The van der Waals surface area contributed by atoms with E-state index in [1.54, 1.807) is 86.8 Å². The van der Waals surface area contributed by atoms with E-state index in [1.807, 2.05) is 0 Å². The number of methoxy groups -OCH3 is 1. The number of ether oxygens (including phenoxy) is 4. The van der Waals surface area contributed by atoms with Gasteiger partial charge in [0.15, 0.2) is 0 Å². The summed E-state index contributed by atoms with van der Waals surface area (Å²) in [5, 5.41) is 10.9. The van der Waals surface area contributed by atoms with E-state index in [4.69, 9.17) is 18.9 Å². The number of carboxylic acids is 1. The van der Waals surface area contributed by atoms with Gasteiger partial charge in [-0.15, -0.1) is 0 Å². The minimum Gasteiger partial charge on any atom is -0.497 e. The number of pyridine rings is 1. The molecule has 1 aliphatic heterocycles. The predicted octanol–water partition coefficient (Wildman–Crippen LogP) is 4.90. The highest BCUT2D eigenvalue weighted by atomic mass is 19.1. The molecule has 2 heterocycles. The summed E-state index contributed by atoms with van der Waals surface area (Å²) in [5.41, 5.74) is 2.03. The molecule has 0 saturated heterocycles. The van der Waals surface area contributed by atoms with Gasteiger partial charge in [-0.25, -0.2) is 9.37 Å². The van der Waals surface area contributed by atoms with Crippen LogP contribution in [0, 0.1) is 5.82 Å². The van der Waals surface area contributed by atoms with Crippen molar-refractivity contribution in [2.75, 3.05) is 27.8 Å². The summed E-state index contributed by atoms with van der Waals surface area (Å²) in [4.78, 5) is 18.7. The first kappa shape index (κ1) is 26.2. The van der Waals surface area contributed by atoms with Crippen molar-refractivity contribution in [1.29, 1.82) is 0 Å². The van der Waals surface area contributed by atoms with Gasteiger partial charge in [0.05, 0.1) is 24.2 Å². The van der Waals surface area contributed by atoms with Crippen LogP contribution in [0.2, 0.25) is 0 Å². The fraction of sp³-hybridized carbons (Fsp3) is 0.267. The van der Waals surface area contributed by atoms with Gasteiger partial charge in [0.2, 0.25) is 0 Å². The number of carbonyl (C=O) groups is 1. The highest BCUT2D eigenvalue weighted by Gasteiger charge is 2.43. The number of aromatic nitrogens is 1. The molecular formula is C30H29FN2O6. The lowest BCUT2D eigenvalue weighted by molar-refractivity contribution is -0.144. The molecule has 1 unspecified atom stereocenters. The van der Waals surface area contributed by atoms with Gasteiger partial charge >= 0.3 is 5.97 Å². The van der Waals surface area contributed by atoms with Gasteiger partial charge in [-0.2, -0.15) is 0 Å². The Bertz CT molecular complexity index is 1480. The van der Waals surface area contributed by atoms with E-state index in [9.17, 15) is 14.3 Å². The normalized spacial score (nSPS) is 17.3. The third-order valence-electron chi connectivity index (χ3n) is 6.74. The lowest BCUT2D eigenvalue weighted by Crippen LogP contribution is -2.50. The number of halogens is 1. The molecule has 0 spiro atoms. The number of rotatable bonds is 9. The Balaban J connectivity index is 1.42. The Morgan fingerprint density at radius 2 is 1.79 bits per heavy atom. The van der Waals surface area contributed by atoms with Gasteiger partial charge in [0, 0.05) is 10.9 Å². The smallest absolute Gasteiger partial charge is 0.321 e. The molecule has 1 aliphatic rings. The van der Waals surface area contributed by atoms with Crippen LogP contribution in [0.15, 0.2) is 72.8 Å². The maximum Gasteiger partial charge on any atom is 0.321 e. The standard InChI is InChI=1S/C30H29FN2O6/c1-33(2)29(30(34)35)28-24-15-23(37-16-20-6-4-18-14-19(31)5-12-25(18)32-20)11-13-26(24)38-17-27(28)39-22-9-7-21(36-3)8-10-22/h4-15,27-29H,16-17H2,1-3H3,(H,34,35)/t27-,28+,29?/m1/s1. The SMILES string of the molecule is COc1ccc(O[C@@H]2COc3ccc(OCc4ccc5cc(F)ccc5n4)cc3[C@@H]2C(C(=O)O)N(C)C)cc1. The molecule has 3 aromatic carbocycles. The first-order valence-corrected chi connectivity index (χ1v) is 12.5. The third-order valence-corrected chi connectivity index (χ3v) is 6.74. The Hall–Kier alpha value is -4.37. The number of carboxylic acid groups (broad SMARTS) is 1. The first-order valence-electron chi connectivity index (χ1n) is 12.5. The maximum absolute atomic E-state index is 13.5. The lowest BCUT2D eigenvalue weighted by atomic mass is 9.83. The zero-order chi connectivity index (χ0) is 27.5. The fourth-order valence-corrected chi connectivity index (χ4v) is 4.87. The van der Waals surface area contributed by atoms with Crippen LogP contribution in [0.5, 0.6) is 23.0 Å². The summed E-state index contributed by atoms with van der Waals surface area (Å²) >= 11 is 0. The minimum atomic E-state index is -0.968. The second kappa shape index (κ2) is 11.2. The zero-order valence-corrected chi connectivity index (χ0v) is 21.8. The molecule has 0 bridgehead atoms. The van der Waals surface area contributed by atoms with Crippen molar-refractivity contribution in [3.8, 4) is 23.0 Å². The topological polar surface area (TPSA) is 90.3 Å². The molecule has 39 heavy (non-hydrogen) atoms. The van der Waals surface area contributed by atoms with Gasteiger partial charge in [0.1, 0.15) is 54.2 Å². The van der Waals surface area contributed by atoms with Crippen molar-refractivity contribution in [2.24, 2.45) is 0 Å². The quantitative estimate of drug-likeness (QED) is 0.326. The zero-order valence-electron chi connectivity index (χ0n) is 21.8. The number of nitrogens with zero attached hydrogens (tertiary/aromatic N) is 2. The molecule has 0 saturated carbocycles. The average molecular weight is 533 g/mol. The molecule has 9 heteroatoms. The molecule has 0 amide bonds. The summed E-state index contributed by atoms with van der Waals surface area (Å²) in [6, 6.07) is 19.6. The molecule has 1 aromatic heterocycles. The number of likely N-dealkylation sites (N-methyl/N-ethyl adjacent to an activating group) is 1. The molecule has 4 aromatic rings. The van der Waals surface area contributed by atoms with Crippen molar-refractivity contribution in [3.05, 3.63) is 89.9 Å². The van der Waals surface area contributed by atoms with Crippen LogP contribution in [0.1, 0.15) is 17.2 Å². The lowest BCUT2D eigenvalue weighted by Gasteiger charge is -2.39. The predicted molar refractivity (Wildman–Crippen MR) is 143 cm³/mol. The monoisotopic (exact) mass is 532 g/mol. The summed E-state index contributed by atoms with van der Waals surface area (Å²) in [6.07, 6.45) is -0.577. The number of aliphatic carboxylic acids is 1. The maximum atomic E-state index is 13.5. The van der Waals surface area contributed by atoms with Gasteiger partial charge in [-0.1, -0.05) is 6.07 Å². The molecule has 3 atom stereocenters. The number of fused-ring (bicyclic) bond motifs is 2. The largest absolute Gasteiger partial charge is 0.497 e. The molecule has 8 nitrogen and oxygen atoms in total. The van der Waals surface area contributed by atoms with Crippen LogP contribution in [-0.2, 0) is 11.4 Å². The summed E-state index contributed by atoms with van der Waals surface area (Å²) < 4.78 is 37.1. The number of hydrogen-bond donors (Lipinski definition) is 1. The van der Waals surface area contributed by atoms with E-state index in [0.717, 1.165) is 0 Å². The van der Waals surface area contributed by atoms with Gasteiger partial charge in [-0.3, -0.25) is 9.69 Å². The van der Waals surface area contributed by atoms with E-state index in [-0.39, 0.29) is 19.0 Å². The van der Waals surface area contributed by atoms with Crippen LogP contribution >= 0.6 is 0 Å². The second-order valence-electron chi connectivity index (χ2n) is 9.54. The van der Waals surface area contributed by atoms with Gasteiger partial charge < -0.3 is 24.1 Å². The minimum absolute atomic E-state index is 0.180. The van der Waals surface area contributed by atoms with Gasteiger partial charge in [0.25, 0.3) is 0 Å². The van der Waals surface area contributed by atoms with Crippen molar-refractivity contribution in [3.63, 3.8) is 0 Å². The molecule has 202 valence electrons. The average Bonchev–Trinajstić information content (AvgIpc) is 2.93. The van der Waals surface area contributed by atoms with E-state index in [0.29, 0.717) is 45.2 Å². The second-order valence-corrected chi connectivity index (χ2v) is 9.54. The van der Waals surface area contributed by atoms with Crippen molar-refractivity contribution in [1.82, 2.24) is 9.88 Å². The van der Waals surface area contributed by atoms with E-state index < -0.39 is 24.0 Å². The van der Waals surface area contributed by atoms with Crippen molar-refractivity contribution < 1.29 is 33.2 Å².